The van der Waals surface area contributed by atoms with Crippen molar-refractivity contribution >= 4 is 17.9 Å². The number of allylic oxidation sites excluding steroid dienone is 4. The molecule has 0 fully saturated rings. The van der Waals surface area contributed by atoms with Crippen molar-refractivity contribution in [1.82, 2.24) is 0 Å². The first-order chi connectivity index (χ1) is 35.5. The lowest BCUT2D eigenvalue weighted by Gasteiger charge is -2.18. The van der Waals surface area contributed by atoms with E-state index >= 15 is 0 Å². The number of rotatable bonds is 60. The number of hydrogen-bond acceptors (Lipinski definition) is 6. The second-order valence-corrected chi connectivity index (χ2v) is 22.0. The third-order valence-corrected chi connectivity index (χ3v) is 14.7. The first kappa shape index (κ1) is 69.9. The Bertz CT molecular complexity index is 1160. The average molecular weight is 1010 g/mol. The van der Waals surface area contributed by atoms with Gasteiger partial charge in [0, 0.05) is 19.3 Å². The number of ether oxygens (including phenoxy) is 3. The number of carbonyl (C=O) groups is 3. The van der Waals surface area contributed by atoms with Crippen LogP contribution in [-0.4, -0.2) is 37.2 Å². The van der Waals surface area contributed by atoms with Gasteiger partial charge in [-0.3, -0.25) is 14.4 Å². The summed E-state index contributed by atoms with van der Waals surface area (Å²) in [5.41, 5.74) is 0. The van der Waals surface area contributed by atoms with Crippen LogP contribution in [0.15, 0.2) is 24.3 Å². The van der Waals surface area contributed by atoms with Gasteiger partial charge in [0.1, 0.15) is 13.2 Å². The molecule has 0 amide bonds. The second kappa shape index (κ2) is 61.4. The molecule has 0 aromatic carbocycles. The van der Waals surface area contributed by atoms with Gasteiger partial charge in [-0.2, -0.15) is 0 Å². The summed E-state index contributed by atoms with van der Waals surface area (Å²) in [6.45, 7) is 6.68. The van der Waals surface area contributed by atoms with Crippen molar-refractivity contribution in [2.24, 2.45) is 0 Å². The van der Waals surface area contributed by atoms with Crippen molar-refractivity contribution in [3.8, 4) is 0 Å². The van der Waals surface area contributed by atoms with E-state index in [1.165, 1.54) is 250 Å². The molecular formula is C66H124O6. The third kappa shape index (κ3) is 58.8. The molecule has 0 saturated carbocycles. The predicted molar refractivity (Wildman–Crippen MR) is 312 cm³/mol. The molecule has 424 valence electrons. The maximum atomic E-state index is 12.9. The van der Waals surface area contributed by atoms with Crippen molar-refractivity contribution in [2.45, 2.75) is 367 Å². The second-order valence-electron chi connectivity index (χ2n) is 22.0. The van der Waals surface area contributed by atoms with Gasteiger partial charge >= 0.3 is 17.9 Å². The van der Waals surface area contributed by atoms with E-state index in [2.05, 4.69) is 45.1 Å². The minimum absolute atomic E-state index is 0.0724. The lowest BCUT2D eigenvalue weighted by molar-refractivity contribution is -0.167. The van der Waals surface area contributed by atoms with E-state index in [1.54, 1.807) is 0 Å². The molecule has 0 bridgehead atoms. The lowest BCUT2D eigenvalue weighted by Crippen LogP contribution is -2.30. The third-order valence-electron chi connectivity index (χ3n) is 14.7. The van der Waals surface area contributed by atoms with Gasteiger partial charge in [0.05, 0.1) is 0 Å². The Balaban J connectivity index is 4.25. The van der Waals surface area contributed by atoms with Gasteiger partial charge in [-0.25, -0.2) is 0 Å². The minimum atomic E-state index is -0.776. The fourth-order valence-corrected chi connectivity index (χ4v) is 9.79. The Labute approximate surface area is 449 Å². The Morgan fingerprint density at radius 1 is 0.264 bits per heavy atom. The molecule has 0 aliphatic heterocycles. The van der Waals surface area contributed by atoms with E-state index < -0.39 is 6.10 Å². The van der Waals surface area contributed by atoms with Crippen molar-refractivity contribution in [3.63, 3.8) is 0 Å². The molecular weight excluding hydrogens is 889 g/mol. The van der Waals surface area contributed by atoms with E-state index in [1.807, 2.05) is 0 Å². The molecule has 0 saturated heterocycles. The quantitative estimate of drug-likeness (QED) is 0.0261. The molecule has 0 aromatic heterocycles. The van der Waals surface area contributed by atoms with Gasteiger partial charge in [0.2, 0.25) is 0 Å². The van der Waals surface area contributed by atoms with Crippen molar-refractivity contribution in [2.75, 3.05) is 13.2 Å². The Morgan fingerprint density at radius 3 is 0.694 bits per heavy atom. The normalized spacial score (nSPS) is 12.1. The number of unbranched alkanes of at least 4 members (excludes halogenated alkanes) is 45. The van der Waals surface area contributed by atoms with Crippen LogP contribution in [0.3, 0.4) is 0 Å². The first-order valence-corrected chi connectivity index (χ1v) is 32.3. The highest BCUT2D eigenvalue weighted by Crippen LogP contribution is 2.18. The summed E-state index contributed by atoms with van der Waals surface area (Å²) in [4.78, 5) is 38.3. The molecule has 0 rings (SSSR count). The molecule has 0 radical (unpaired) electrons. The molecule has 0 aliphatic carbocycles. The summed E-state index contributed by atoms with van der Waals surface area (Å²) in [5.74, 6) is -0.865. The zero-order chi connectivity index (χ0) is 52.2. The molecule has 72 heavy (non-hydrogen) atoms. The van der Waals surface area contributed by atoms with Crippen LogP contribution in [0.2, 0.25) is 0 Å². The molecule has 0 spiro atoms. The van der Waals surface area contributed by atoms with Gasteiger partial charge in [-0.05, 0) is 70.6 Å². The van der Waals surface area contributed by atoms with Crippen molar-refractivity contribution in [3.05, 3.63) is 24.3 Å². The van der Waals surface area contributed by atoms with Crippen LogP contribution in [0, 0.1) is 0 Å². The fourth-order valence-electron chi connectivity index (χ4n) is 9.79. The van der Waals surface area contributed by atoms with Crippen LogP contribution in [0.5, 0.6) is 0 Å². The monoisotopic (exact) mass is 1010 g/mol. The SMILES string of the molecule is CCCCCCCC/C=C\CCCCCCCC(=O)OCC(COC(=O)CCCCCCCCCCCCCCCCCCCCCCCCCC)OC(=O)CCCCCCC/C=C\CCCCCCCC. The van der Waals surface area contributed by atoms with Gasteiger partial charge in [0.25, 0.3) is 0 Å². The van der Waals surface area contributed by atoms with Crippen LogP contribution < -0.4 is 0 Å². The largest absolute Gasteiger partial charge is 0.462 e. The predicted octanol–water partition coefficient (Wildman–Crippen LogP) is 21.8. The molecule has 1 atom stereocenters. The molecule has 0 aliphatic rings. The summed E-state index contributed by atoms with van der Waals surface area (Å²) >= 11 is 0. The van der Waals surface area contributed by atoms with E-state index in [9.17, 15) is 14.4 Å². The smallest absolute Gasteiger partial charge is 0.306 e. The maximum absolute atomic E-state index is 12.9. The standard InChI is InChI=1S/C66H124O6/c1-4-7-10-13-16-19-22-25-28-29-30-31-32-33-34-35-36-39-41-44-47-50-53-56-59-65(68)71-62-63(72-66(69)60-57-54-51-48-45-42-38-27-24-21-18-15-12-9-6-3)61-70-64(67)58-55-52-49-46-43-40-37-26-23-20-17-14-11-8-5-2/h26-27,37-38,63H,4-25,28-36,39-62H2,1-3H3/b37-26-,38-27-. The number of esters is 3. The van der Waals surface area contributed by atoms with E-state index in [4.69, 9.17) is 14.2 Å². The molecule has 6 heteroatoms. The summed E-state index contributed by atoms with van der Waals surface area (Å²) < 4.78 is 16.9. The van der Waals surface area contributed by atoms with E-state index in [0.717, 1.165) is 70.6 Å². The Morgan fingerprint density at radius 2 is 0.458 bits per heavy atom. The zero-order valence-corrected chi connectivity index (χ0v) is 48.7. The lowest BCUT2D eigenvalue weighted by atomic mass is 10.0. The maximum Gasteiger partial charge on any atom is 0.306 e. The number of carbonyl (C=O) groups excluding carboxylic acids is 3. The van der Waals surface area contributed by atoms with E-state index in [0.29, 0.717) is 19.3 Å². The molecule has 0 aromatic rings. The number of hydrogen-bond donors (Lipinski definition) is 0. The molecule has 1 unspecified atom stereocenters. The average Bonchev–Trinajstić information content (AvgIpc) is 3.38. The van der Waals surface area contributed by atoms with Crippen LogP contribution in [0.25, 0.3) is 0 Å². The summed E-state index contributed by atoms with van der Waals surface area (Å²) in [6.07, 6.45) is 73.3. The first-order valence-electron chi connectivity index (χ1n) is 32.3. The van der Waals surface area contributed by atoms with Crippen LogP contribution in [0.4, 0.5) is 0 Å². The highest BCUT2D eigenvalue weighted by Gasteiger charge is 2.19. The van der Waals surface area contributed by atoms with Crippen molar-refractivity contribution < 1.29 is 28.6 Å². The van der Waals surface area contributed by atoms with Gasteiger partial charge in [-0.1, -0.05) is 295 Å². The molecule has 0 N–H and O–H groups in total. The highest BCUT2D eigenvalue weighted by molar-refractivity contribution is 5.71. The van der Waals surface area contributed by atoms with Gasteiger partial charge in [0.15, 0.2) is 6.10 Å². The topological polar surface area (TPSA) is 78.9 Å². The fraction of sp³-hybridized carbons (Fsp3) is 0.894. The zero-order valence-electron chi connectivity index (χ0n) is 48.7. The molecule has 0 heterocycles. The van der Waals surface area contributed by atoms with Crippen LogP contribution >= 0.6 is 0 Å². The van der Waals surface area contributed by atoms with Gasteiger partial charge in [-0.15, -0.1) is 0 Å². The summed E-state index contributed by atoms with van der Waals surface area (Å²) in [5, 5.41) is 0. The van der Waals surface area contributed by atoms with E-state index in [-0.39, 0.29) is 31.1 Å². The Kier molecular flexibility index (Phi) is 59.6. The van der Waals surface area contributed by atoms with Crippen molar-refractivity contribution in [1.29, 1.82) is 0 Å². The Hall–Kier alpha value is -2.11. The van der Waals surface area contributed by atoms with Crippen LogP contribution in [-0.2, 0) is 28.6 Å². The van der Waals surface area contributed by atoms with Gasteiger partial charge < -0.3 is 14.2 Å². The summed E-state index contributed by atoms with van der Waals surface area (Å²) in [7, 11) is 0. The molecule has 6 nitrogen and oxygen atoms in total. The highest BCUT2D eigenvalue weighted by atomic mass is 16.6. The minimum Gasteiger partial charge on any atom is -0.462 e. The summed E-state index contributed by atoms with van der Waals surface area (Å²) in [6, 6.07) is 0. The van der Waals surface area contributed by atoms with Crippen LogP contribution in [0.1, 0.15) is 361 Å².